The van der Waals surface area contributed by atoms with Crippen molar-refractivity contribution in [1.82, 2.24) is 0 Å². The summed E-state index contributed by atoms with van der Waals surface area (Å²) >= 11 is 0. The van der Waals surface area contributed by atoms with Gasteiger partial charge in [0.15, 0.2) is 0 Å². The van der Waals surface area contributed by atoms with E-state index >= 15 is 0 Å². The van der Waals surface area contributed by atoms with Gasteiger partial charge in [-0.2, -0.15) is 0 Å². The Morgan fingerprint density at radius 3 is 2.83 bits per heavy atom. The molecule has 2 rings (SSSR count). The molecule has 1 aromatic carbocycles. The quantitative estimate of drug-likeness (QED) is 0.620. The maximum atomic E-state index is 10.8. The summed E-state index contributed by atoms with van der Waals surface area (Å²) in [5.41, 5.74) is 0.743. The number of nitrogens with one attached hydrogen (secondary N) is 1. The predicted octanol–water partition coefficient (Wildman–Crippen LogP) is 2.19. The zero-order valence-corrected chi connectivity index (χ0v) is 10.2. The molecule has 0 unspecified atom stereocenters. The molecule has 1 saturated heterocycles. The molecule has 1 heterocycles. The summed E-state index contributed by atoms with van der Waals surface area (Å²) in [5.74, 6) is 0.510. The fraction of sp³-hybridized carbons (Fsp3) is 0.500. The molecule has 0 saturated carbocycles. The van der Waals surface area contributed by atoms with Gasteiger partial charge in [-0.25, -0.2) is 0 Å². The third-order valence-corrected chi connectivity index (χ3v) is 2.59. The third kappa shape index (κ3) is 3.10. The molecule has 0 radical (unpaired) electrons. The number of nitrogens with zero attached hydrogens (tertiary/aromatic N) is 1. The second kappa shape index (κ2) is 5.68. The summed E-state index contributed by atoms with van der Waals surface area (Å²) in [5, 5.41) is 14.0. The van der Waals surface area contributed by atoms with Crippen molar-refractivity contribution < 1.29 is 14.4 Å². The topological polar surface area (TPSA) is 73.6 Å². The van der Waals surface area contributed by atoms with E-state index in [-0.39, 0.29) is 11.8 Å². The molecule has 98 valence electrons. The minimum Gasteiger partial charge on any atom is -0.485 e. The lowest BCUT2D eigenvalue weighted by Crippen LogP contribution is -2.38. The minimum absolute atomic E-state index is 0.00558. The average Bonchev–Trinajstić information content (AvgIpc) is 2.31. The van der Waals surface area contributed by atoms with Gasteiger partial charge in [0.25, 0.3) is 5.69 Å². The van der Waals surface area contributed by atoms with Crippen LogP contribution >= 0.6 is 0 Å². The Hall–Kier alpha value is -1.82. The van der Waals surface area contributed by atoms with Gasteiger partial charge in [0.1, 0.15) is 11.9 Å². The van der Waals surface area contributed by atoms with Crippen LogP contribution in [-0.4, -0.2) is 30.8 Å². The number of anilines is 1. The van der Waals surface area contributed by atoms with Gasteiger partial charge < -0.3 is 14.8 Å². The largest absolute Gasteiger partial charge is 0.485 e. The molecule has 6 heteroatoms. The van der Waals surface area contributed by atoms with Crippen LogP contribution in [0.4, 0.5) is 11.4 Å². The van der Waals surface area contributed by atoms with Gasteiger partial charge in [-0.05, 0) is 6.42 Å². The maximum absolute atomic E-state index is 10.8. The fourth-order valence-corrected chi connectivity index (χ4v) is 1.60. The molecule has 0 aliphatic carbocycles. The Morgan fingerprint density at radius 1 is 1.50 bits per heavy atom. The normalized spacial score (nSPS) is 14.9. The SMILES string of the molecule is CCCNc1cc(OC2COC2)cc([N+](=O)[O-])c1. The van der Waals surface area contributed by atoms with Crippen molar-refractivity contribution in [2.24, 2.45) is 0 Å². The molecule has 1 aliphatic rings. The molecule has 0 spiro atoms. The zero-order valence-electron chi connectivity index (χ0n) is 10.2. The van der Waals surface area contributed by atoms with Gasteiger partial charge in [-0.3, -0.25) is 10.1 Å². The van der Waals surface area contributed by atoms with Crippen LogP contribution in [0.5, 0.6) is 5.75 Å². The van der Waals surface area contributed by atoms with Crippen molar-refractivity contribution in [1.29, 1.82) is 0 Å². The van der Waals surface area contributed by atoms with Gasteiger partial charge >= 0.3 is 0 Å². The number of hydrogen-bond acceptors (Lipinski definition) is 5. The number of benzene rings is 1. The molecule has 0 aromatic heterocycles. The second-order valence-corrected chi connectivity index (χ2v) is 4.18. The second-order valence-electron chi connectivity index (χ2n) is 4.18. The van der Waals surface area contributed by atoms with E-state index in [1.54, 1.807) is 6.07 Å². The molecule has 0 atom stereocenters. The lowest BCUT2D eigenvalue weighted by molar-refractivity contribution is -0.384. The van der Waals surface area contributed by atoms with E-state index in [9.17, 15) is 10.1 Å². The van der Waals surface area contributed by atoms with Crippen LogP contribution in [0.15, 0.2) is 18.2 Å². The molecule has 18 heavy (non-hydrogen) atoms. The van der Waals surface area contributed by atoms with Crippen LogP contribution in [0.1, 0.15) is 13.3 Å². The van der Waals surface area contributed by atoms with Gasteiger partial charge in [0.2, 0.25) is 0 Å². The van der Waals surface area contributed by atoms with Crippen LogP contribution in [0, 0.1) is 10.1 Å². The summed E-state index contributed by atoms with van der Waals surface area (Å²) in [6, 6.07) is 4.73. The average molecular weight is 252 g/mol. The lowest BCUT2D eigenvalue weighted by atomic mass is 10.2. The van der Waals surface area contributed by atoms with Crippen LogP contribution in [0.2, 0.25) is 0 Å². The number of ether oxygens (including phenoxy) is 2. The molecular formula is C12H16N2O4. The highest BCUT2D eigenvalue weighted by atomic mass is 16.6. The van der Waals surface area contributed by atoms with E-state index < -0.39 is 4.92 Å². The molecule has 0 amide bonds. The molecule has 1 aromatic rings. The maximum Gasteiger partial charge on any atom is 0.275 e. The van der Waals surface area contributed by atoms with E-state index in [1.807, 2.05) is 6.92 Å². The van der Waals surface area contributed by atoms with Crippen LogP contribution in [0.25, 0.3) is 0 Å². The smallest absolute Gasteiger partial charge is 0.275 e. The number of hydrogen-bond donors (Lipinski definition) is 1. The molecule has 6 nitrogen and oxygen atoms in total. The highest BCUT2D eigenvalue weighted by Crippen LogP contribution is 2.27. The molecule has 0 bridgehead atoms. The van der Waals surface area contributed by atoms with Crippen molar-refractivity contribution in [3.63, 3.8) is 0 Å². The molecule has 1 N–H and O–H groups in total. The van der Waals surface area contributed by atoms with Crippen molar-refractivity contribution in [2.75, 3.05) is 25.1 Å². The Kier molecular flexibility index (Phi) is 3.99. The van der Waals surface area contributed by atoms with Gasteiger partial charge in [0.05, 0.1) is 24.2 Å². The molecule has 1 fully saturated rings. The Morgan fingerprint density at radius 2 is 2.28 bits per heavy atom. The number of nitro groups is 1. The van der Waals surface area contributed by atoms with Gasteiger partial charge in [0, 0.05) is 24.4 Å². The molecule has 1 aliphatic heterocycles. The lowest BCUT2D eigenvalue weighted by Gasteiger charge is -2.26. The number of nitro benzene ring substituents is 1. The van der Waals surface area contributed by atoms with Crippen molar-refractivity contribution >= 4 is 11.4 Å². The van der Waals surface area contributed by atoms with Crippen molar-refractivity contribution in [2.45, 2.75) is 19.4 Å². The van der Waals surface area contributed by atoms with Crippen LogP contribution in [-0.2, 0) is 4.74 Å². The minimum atomic E-state index is -0.415. The first-order valence-corrected chi connectivity index (χ1v) is 5.97. The van der Waals surface area contributed by atoms with Crippen LogP contribution in [0.3, 0.4) is 0 Å². The summed E-state index contributed by atoms with van der Waals surface area (Å²) in [7, 11) is 0. The summed E-state index contributed by atoms with van der Waals surface area (Å²) < 4.78 is 10.6. The Balaban J connectivity index is 2.15. The monoisotopic (exact) mass is 252 g/mol. The van der Waals surface area contributed by atoms with Gasteiger partial charge in [-0.15, -0.1) is 0 Å². The standard InChI is InChI=1S/C12H16N2O4/c1-2-3-13-9-4-10(14(15)16)6-11(5-9)18-12-7-17-8-12/h4-6,12-13H,2-3,7-8H2,1H3. The van der Waals surface area contributed by atoms with E-state index in [4.69, 9.17) is 9.47 Å². The zero-order chi connectivity index (χ0) is 13.0. The van der Waals surface area contributed by atoms with E-state index in [2.05, 4.69) is 5.32 Å². The van der Waals surface area contributed by atoms with Crippen LogP contribution < -0.4 is 10.1 Å². The Bertz CT molecular complexity index is 432. The summed E-state index contributed by atoms with van der Waals surface area (Å²) in [4.78, 5) is 10.4. The summed E-state index contributed by atoms with van der Waals surface area (Å²) in [6.07, 6.45) is 0.959. The summed E-state index contributed by atoms with van der Waals surface area (Å²) in [6.45, 7) is 3.89. The van der Waals surface area contributed by atoms with E-state index in [0.717, 1.165) is 13.0 Å². The van der Waals surface area contributed by atoms with E-state index in [0.29, 0.717) is 24.7 Å². The first kappa shape index (κ1) is 12.6. The first-order valence-electron chi connectivity index (χ1n) is 5.97. The highest BCUT2D eigenvalue weighted by Gasteiger charge is 2.21. The highest BCUT2D eigenvalue weighted by molar-refractivity contribution is 5.56. The van der Waals surface area contributed by atoms with Gasteiger partial charge in [-0.1, -0.05) is 6.92 Å². The molecular weight excluding hydrogens is 236 g/mol. The third-order valence-electron chi connectivity index (χ3n) is 2.59. The number of rotatable bonds is 6. The number of non-ortho nitro benzene ring substituents is 1. The fourth-order valence-electron chi connectivity index (χ4n) is 1.60. The first-order chi connectivity index (χ1) is 8.69. The van der Waals surface area contributed by atoms with Crippen molar-refractivity contribution in [3.8, 4) is 5.75 Å². The van der Waals surface area contributed by atoms with Crippen molar-refractivity contribution in [3.05, 3.63) is 28.3 Å². The Labute approximate surface area is 105 Å². The van der Waals surface area contributed by atoms with E-state index in [1.165, 1.54) is 12.1 Å². The predicted molar refractivity (Wildman–Crippen MR) is 67.1 cm³/mol.